The molecule has 1 amide bonds. The third-order valence-electron chi connectivity index (χ3n) is 5.37. The van der Waals surface area contributed by atoms with E-state index in [0.717, 1.165) is 19.3 Å². The molecule has 0 unspecified atom stereocenters. The van der Waals surface area contributed by atoms with Crippen LogP contribution in [-0.2, 0) is 14.8 Å². The van der Waals surface area contributed by atoms with Crippen molar-refractivity contribution in [3.63, 3.8) is 0 Å². The number of carbonyl (C=O) groups is 1. The number of hydrogen-bond acceptors (Lipinski definition) is 5. The minimum absolute atomic E-state index is 0.00172. The third kappa shape index (κ3) is 5.91. The summed E-state index contributed by atoms with van der Waals surface area (Å²) in [6.45, 7) is 1.07. The van der Waals surface area contributed by atoms with Crippen molar-refractivity contribution in [3.05, 3.63) is 78.9 Å². The average molecular weight is 466 g/mol. The average Bonchev–Trinajstić information content (AvgIpc) is 2.85. The Hall–Kier alpha value is -3.36. The van der Waals surface area contributed by atoms with Crippen LogP contribution in [0, 0.1) is 0 Å². The molecule has 1 aliphatic rings. The van der Waals surface area contributed by atoms with Gasteiger partial charge in [0.15, 0.2) is 5.75 Å². The Morgan fingerprint density at radius 2 is 1.61 bits per heavy atom. The predicted octanol–water partition coefficient (Wildman–Crippen LogP) is 4.70. The second-order valence-corrected chi connectivity index (χ2v) is 9.74. The number of amides is 1. The highest BCUT2D eigenvalue weighted by Crippen LogP contribution is 2.29. The van der Waals surface area contributed by atoms with Gasteiger partial charge in [-0.3, -0.25) is 4.79 Å². The lowest BCUT2D eigenvalue weighted by Gasteiger charge is -2.26. The quantitative estimate of drug-likeness (QED) is 0.503. The zero-order valence-corrected chi connectivity index (χ0v) is 19.1. The first-order valence-corrected chi connectivity index (χ1v) is 12.4. The lowest BCUT2D eigenvalue weighted by Crippen LogP contribution is -2.35. The molecule has 0 spiro atoms. The molecule has 1 aliphatic heterocycles. The highest BCUT2D eigenvalue weighted by molar-refractivity contribution is 7.89. The molecular weight excluding hydrogens is 438 g/mol. The van der Waals surface area contributed by atoms with Gasteiger partial charge in [0.2, 0.25) is 15.9 Å². The molecule has 33 heavy (non-hydrogen) atoms. The van der Waals surface area contributed by atoms with Crippen LogP contribution < -0.4 is 15.4 Å². The van der Waals surface area contributed by atoms with Gasteiger partial charge >= 0.3 is 0 Å². The highest BCUT2D eigenvalue weighted by atomic mass is 32.2. The first kappa shape index (κ1) is 22.8. The zero-order chi connectivity index (χ0) is 23.1. The maximum Gasteiger partial charge on any atom is 0.243 e. The van der Waals surface area contributed by atoms with Crippen LogP contribution in [0.2, 0.25) is 0 Å². The van der Waals surface area contributed by atoms with Crippen molar-refractivity contribution in [3.8, 4) is 11.5 Å². The van der Waals surface area contributed by atoms with Gasteiger partial charge in [0.05, 0.1) is 17.1 Å². The number of sulfonamides is 1. The van der Waals surface area contributed by atoms with E-state index in [4.69, 9.17) is 4.74 Å². The topological polar surface area (TPSA) is 87.7 Å². The van der Waals surface area contributed by atoms with Crippen molar-refractivity contribution in [1.82, 2.24) is 4.31 Å². The molecule has 7 nitrogen and oxygen atoms in total. The maximum atomic E-state index is 12.9. The van der Waals surface area contributed by atoms with Gasteiger partial charge in [-0.05, 0) is 55.3 Å². The fourth-order valence-electron chi connectivity index (χ4n) is 3.69. The Morgan fingerprint density at radius 3 is 2.39 bits per heavy atom. The summed E-state index contributed by atoms with van der Waals surface area (Å²) in [5.41, 5.74) is 1.12. The molecule has 3 aromatic rings. The van der Waals surface area contributed by atoms with Crippen LogP contribution in [0.15, 0.2) is 83.8 Å². The van der Waals surface area contributed by atoms with Gasteiger partial charge in [-0.15, -0.1) is 0 Å². The van der Waals surface area contributed by atoms with Gasteiger partial charge in [0.1, 0.15) is 5.75 Å². The van der Waals surface area contributed by atoms with Crippen molar-refractivity contribution in [1.29, 1.82) is 0 Å². The molecule has 8 heteroatoms. The van der Waals surface area contributed by atoms with Crippen LogP contribution in [0.3, 0.4) is 0 Å². The molecule has 1 fully saturated rings. The van der Waals surface area contributed by atoms with Crippen molar-refractivity contribution in [2.75, 3.05) is 30.3 Å². The van der Waals surface area contributed by atoms with E-state index in [1.807, 2.05) is 54.6 Å². The molecule has 0 aromatic heterocycles. The monoisotopic (exact) mass is 465 g/mol. The van der Waals surface area contributed by atoms with Gasteiger partial charge in [-0.1, -0.05) is 42.8 Å². The fourth-order valence-corrected chi connectivity index (χ4v) is 5.25. The normalized spacial score (nSPS) is 14.4. The van der Waals surface area contributed by atoms with Crippen LogP contribution in [0.1, 0.15) is 19.3 Å². The van der Waals surface area contributed by atoms with Crippen LogP contribution in [0.4, 0.5) is 11.4 Å². The van der Waals surface area contributed by atoms with E-state index in [2.05, 4.69) is 10.6 Å². The first-order valence-electron chi connectivity index (χ1n) is 11.0. The third-order valence-corrected chi connectivity index (χ3v) is 7.26. The number of para-hydroxylation sites is 3. The van der Waals surface area contributed by atoms with Gasteiger partial charge in [0.25, 0.3) is 0 Å². The molecule has 0 atom stereocenters. The molecule has 4 rings (SSSR count). The van der Waals surface area contributed by atoms with Crippen molar-refractivity contribution in [2.45, 2.75) is 24.2 Å². The summed E-state index contributed by atoms with van der Waals surface area (Å²) < 4.78 is 33.2. The fraction of sp³-hybridized carbons (Fsp3) is 0.240. The molecule has 0 radical (unpaired) electrons. The lowest BCUT2D eigenvalue weighted by atomic mass is 10.2. The molecule has 2 N–H and O–H groups in total. The van der Waals surface area contributed by atoms with E-state index in [0.29, 0.717) is 36.0 Å². The summed E-state index contributed by atoms with van der Waals surface area (Å²) in [6, 6.07) is 23.2. The molecule has 0 aliphatic carbocycles. The van der Waals surface area contributed by atoms with Crippen LogP contribution in [0.5, 0.6) is 11.5 Å². The van der Waals surface area contributed by atoms with E-state index in [1.54, 1.807) is 18.2 Å². The van der Waals surface area contributed by atoms with E-state index in [9.17, 15) is 13.2 Å². The number of anilines is 2. The summed E-state index contributed by atoms with van der Waals surface area (Å²) in [5, 5.41) is 5.86. The van der Waals surface area contributed by atoms with Crippen LogP contribution >= 0.6 is 0 Å². The van der Waals surface area contributed by atoms with E-state index in [-0.39, 0.29) is 17.3 Å². The van der Waals surface area contributed by atoms with E-state index < -0.39 is 10.0 Å². The number of nitrogens with zero attached hydrogens (tertiary/aromatic N) is 1. The molecule has 1 heterocycles. The van der Waals surface area contributed by atoms with E-state index >= 15 is 0 Å². The van der Waals surface area contributed by atoms with Gasteiger partial charge < -0.3 is 15.4 Å². The molecule has 0 bridgehead atoms. The number of ether oxygens (including phenoxy) is 1. The summed E-state index contributed by atoms with van der Waals surface area (Å²) in [6.07, 6.45) is 2.79. The number of piperidine rings is 1. The molecule has 3 aromatic carbocycles. The second kappa shape index (κ2) is 10.5. The van der Waals surface area contributed by atoms with Gasteiger partial charge in [-0.2, -0.15) is 4.31 Å². The number of hydrogen-bond donors (Lipinski definition) is 2. The van der Waals surface area contributed by atoms with Gasteiger partial charge in [0, 0.05) is 18.8 Å². The van der Waals surface area contributed by atoms with Crippen LogP contribution in [-0.4, -0.2) is 38.3 Å². The Bertz CT molecular complexity index is 1190. The smallest absolute Gasteiger partial charge is 0.243 e. The predicted molar refractivity (Wildman–Crippen MR) is 129 cm³/mol. The largest absolute Gasteiger partial charge is 0.455 e. The minimum Gasteiger partial charge on any atom is -0.455 e. The van der Waals surface area contributed by atoms with Crippen molar-refractivity contribution < 1.29 is 17.9 Å². The lowest BCUT2D eigenvalue weighted by molar-refractivity contribution is -0.114. The SMILES string of the molecule is O=C(CNc1ccccc1Oc1ccccc1)Nc1cccc(S(=O)(=O)N2CCCCC2)c1. The molecular formula is C25H27N3O4S. The minimum atomic E-state index is -3.56. The summed E-state index contributed by atoms with van der Waals surface area (Å²) >= 11 is 0. The van der Waals surface area contributed by atoms with Gasteiger partial charge in [-0.25, -0.2) is 8.42 Å². The van der Waals surface area contributed by atoms with Crippen molar-refractivity contribution in [2.24, 2.45) is 0 Å². The summed E-state index contributed by atoms with van der Waals surface area (Å²) in [7, 11) is -3.56. The molecule has 172 valence electrons. The summed E-state index contributed by atoms with van der Waals surface area (Å²) in [5.74, 6) is 1.01. The maximum absolute atomic E-state index is 12.9. The highest BCUT2D eigenvalue weighted by Gasteiger charge is 2.26. The Morgan fingerprint density at radius 1 is 0.879 bits per heavy atom. The second-order valence-electron chi connectivity index (χ2n) is 7.81. The number of carbonyl (C=O) groups excluding carboxylic acids is 1. The Kier molecular flexibility index (Phi) is 7.26. The molecule has 0 saturated carbocycles. The Balaban J connectivity index is 1.39. The standard InChI is InChI=1S/C25H27N3O4S/c29-25(19-26-23-14-5-6-15-24(23)32-21-11-3-1-4-12-21)27-20-10-9-13-22(18-20)33(30,31)28-16-7-2-8-17-28/h1,3-6,9-15,18,26H,2,7-8,16-17,19H2,(H,27,29). The van der Waals surface area contributed by atoms with Crippen molar-refractivity contribution >= 4 is 27.3 Å². The number of rotatable bonds is 8. The number of nitrogens with one attached hydrogen (secondary N) is 2. The Labute approximate surface area is 194 Å². The summed E-state index contributed by atoms with van der Waals surface area (Å²) in [4.78, 5) is 12.7. The number of benzene rings is 3. The van der Waals surface area contributed by atoms with Crippen LogP contribution in [0.25, 0.3) is 0 Å². The first-order chi connectivity index (χ1) is 16.0. The molecule has 1 saturated heterocycles. The zero-order valence-electron chi connectivity index (χ0n) is 18.2. The van der Waals surface area contributed by atoms with E-state index in [1.165, 1.54) is 10.4 Å².